The number of pyridine rings is 1. The molecule has 0 saturated heterocycles. The van der Waals surface area contributed by atoms with Crippen molar-refractivity contribution in [1.82, 2.24) is 10.3 Å². The Kier molecular flexibility index (Phi) is 3.12. The summed E-state index contributed by atoms with van der Waals surface area (Å²) in [5, 5.41) is 12.7. The van der Waals surface area contributed by atoms with Crippen LogP contribution in [0.4, 0.5) is 0 Å². The van der Waals surface area contributed by atoms with Gasteiger partial charge in [0.25, 0.3) is 5.91 Å². The molecule has 0 atom stereocenters. The Hall–Kier alpha value is -2.43. The normalized spacial score (nSPS) is 15.7. The van der Waals surface area contributed by atoms with Gasteiger partial charge < -0.3 is 10.4 Å². The molecule has 2 aromatic rings. The van der Waals surface area contributed by atoms with E-state index in [1.54, 1.807) is 6.07 Å². The van der Waals surface area contributed by atoms with Gasteiger partial charge in [0, 0.05) is 17.6 Å². The number of benzene rings is 1. The molecule has 1 aromatic carbocycles. The monoisotopic (exact) mass is 284 g/mol. The molecule has 108 valence electrons. The van der Waals surface area contributed by atoms with Gasteiger partial charge in [-0.2, -0.15) is 0 Å². The van der Waals surface area contributed by atoms with Gasteiger partial charge in [0.15, 0.2) is 0 Å². The van der Waals surface area contributed by atoms with Crippen molar-refractivity contribution in [2.24, 2.45) is 5.41 Å². The van der Waals surface area contributed by atoms with Crippen LogP contribution in [0, 0.1) is 12.3 Å². The van der Waals surface area contributed by atoms with Crippen molar-refractivity contribution in [3.8, 4) is 0 Å². The van der Waals surface area contributed by atoms with Crippen molar-refractivity contribution in [2.45, 2.75) is 19.8 Å². The van der Waals surface area contributed by atoms with Gasteiger partial charge in [-0.15, -0.1) is 0 Å². The number of fused-ring (bicyclic) bond motifs is 1. The molecule has 21 heavy (non-hydrogen) atoms. The third kappa shape index (κ3) is 2.46. The van der Waals surface area contributed by atoms with E-state index in [0.717, 1.165) is 16.6 Å². The summed E-state index contributed by atoms with van der Waals surface area (Å²) in [7, 11) is 0. The molecule has 1 fully saturated rings. The van der Waals surface area contributed by atoms with Crippen LogP contribution < -0.4 is 5.32 Å². The highest BCUT2D eigenvalue weighted by atomic mass is 16.4. The van der Waals surface area contributed by atoms with E-state index in [1.165, 1.54) is 0 Å². The first-order valence-electron chi connectivity index (χ1n) is 6.90. The Morgan fingerprint density at radius 1 is 1.33 bits per heavy atom. The highest BCUT2D eigenvalue weighted by Gasteiger charge is 2.50. The number of nitrogens with zero attached hydrogens (tertiary/aromatic N) is 1. The van der Waals surface area contributed by atoms with Gasteiger partial charge in [-0.1, -0.05) is 18.2 Å². The number of para-hydroxylation sites is 1. The number of carbonyl (C=O) groups is 2. The first kappa shape index (κ1) is 13.5. The highest BCUT2D eigenvalue weighted by Crippen LogP contribution is 2.45. The van der Waals surface area contributed by atoms with Crippen LogP contribution in [-0.2, 0) is 4.79 Å². The minimum Gasteiger partial charge on any atom is -0.481 e. The maximum absolute atomic E-state index is 12.4. The van der Waals surface area contributed by atoms with Crippen LogP contribution in [-0.4, -0.2) is 28.5 Å². The topological polar surface area (TPSA) is 79.3 Å². The third-order valence-electron chi connectivity index (χ3n) is 3.98. The van der Waals surface area contributed by atoms with E-state index >= 15 is 0 Å². The Morgan fingerprint density at radius 3 is 2.71 bits per heavy atom. The van der Waals surface area contributed by atoms with E-state index in [1.807, 2.05) is 31.2 Å². The minimum atomic E-state index is -0.835. The standard InChI is InChI=1S/C16H16N2O3/c1-10-8-12(11-4-2-3-5-13(11)18-10)14(19)17-9-16(6-7-16)15(20)21/h2-5,8H,6-7,9H2,1H3,(H,17,19)(H,20,21). The van der Waals surface area contributed by atoms with Crippen LogP contribution in [0.5, 0.6) is 0 Å². The number of aryl methyl sites for hydroxylation is 1. The lowest BCUT2D eigenvalue weighted by Crippen LogP contribution is -2.34. The van der Waals surface area contributed by atoms with Gasteiger partial charge in [-0.25, -0.2) is 0 Å². The lowest BCUT2D eigenvalue weighted by Gasteiger charge is -2.12. The molecule has 1 heterocycles. The SMILES string of the molecule is Cc1cc(C(=O)NCC2(C(=O)O)CC2)c2ccccc2n1. The third-order valence-corrected chi connectivity index (χ3v) is 3.98. The van der Waals surface area contributed by atoms with Gasteiger partial charge in [0.1, 0.15) is 0 Å². The molecular weight excluding hydrogens is 268 g/mol. The Balaban J connectivity index is 1.86. The van der Waals surface area contributed by atoms with Crippen LogP contribution >= 0.6 is 0 Å². The molecule has 0 aliphatic heterocycles. The van der Waals surface area contributed by atoms with Gasteiger partial charge in [0.2, 0.25) is 0 Å². The molecule has 5 nitrogen and oxygen atoms in total. The second kappa shape index (κ2) is 4.84. The van der Waals surface area contributed by atoms with Crippen LogP contribution in [0.15, 0.2) is 30.3 Å². The summed E-state index contributed by atoms with van der Waals surface area (Å²) in [5.41, 5.74) is 1.31. The van der Waals surface area contributed by atoms with E-state index in [2.05, 4.69) is 10.3 Å². The molecule has 1 amide bonds. The zero-order valence-electron chi connectivity index (χ0n) is 11.7. The van der Waals surface area contributed by atoms with E-state index in [4.69, 9.17) is 5.11 Å². The van der Waals surface area contributed by atoms with Gasteiger partial charge in [-0.3, -0.25) is 14.6 Å². The fourth-order valence-corrected chi connectivity index (χ4v) is 2.46. The van der Waals surface area contributed by atoms with Crippen LogP contribution in [0.2, 0.25) is 0 Å². The zero-order chi connectivity index (χ0) is 15.0. The summed E-state index contributed by atoms with van der Waals surface area (Å²) < 4.78 is 0. The summed E-state index contributed by atoms with van der Waals surface area (Å²) in [6, 6.07) is 9.17. The van der Waals surface area contributed by atoms with E-state index < -0.39 is 11.4 Å². The lowest BCUT2D eigenvalue weighted by molar-refractivity contribution is -0.143. The molecule has 1 aliphatic rings. The van der Waals surface area contributed by atoms with Gasteiger partial charge in [-0.05, 0) is 31.9 Å². The molecule has 1 aliphatic carbocycles. The zero-order valence-corrected chi connectivity index (χ0v) is 11.7. The number of carboxylic acids is 1. The van der Waals surface area contributed by atoms with Gasteiger partial charge in [0.05, 0.1) is 16.5 Å². The predicted octanol–water partition coefficient (Wildman–Crippen LogP) is 2.14. The maximum Gasteiger partial charge on any atom is 0.311 e. The van der Waals surface area contributed by atoms with Gasteiger partial charge >= 0.3 is 5.97 Å². The summed E-state index contributed by atoms with van der Waals surface area (Å²) in [5.74, 6) is -1.08. The smallest absolute Gasteiger partial charge is 0.311 e. The van der Waals surface area contributed by atoms with Crippen molar-refractivity contribution >= 4 is 22.8 Å². The summed E-state index contributed by atoms with van der Waals surface area (Å²) in [6.07, 6.45) is 1.25. The van der Waals surface area contributed by atoms with E-state index in [-0.39, 0.29) is 12.5 Å². The number of amides is 1. The van der Waals surface area contributed by atoms with E-state index in [0.29, 0.717) is 18.4 Å². The maximum atomic E-state index is 12.4. The second-order valence-corrected chi connectivity index (χ2v) is 5.60. The first-order valence-corrected chi connectivity index (χ1v) is 6.90. The molecule has 0 unspecified atom stereocenters. The van der Waals surface area contributed by atoms with E-state index in [9.17, 15) is 9.59 Å². The average Bonchev–Trinajstić information content (AvgIpc) is 3.25. The molecule has 3 rings (SSSR count). The number of hydrogen-bond donors (Lipinski definition) is 2. The fourth-order valence-electron chi connectivity index (χ4n) is 2.46. The Bertz CT molecular complexity index is 735. The molecule has 0 radical (unpaired) electrons. The molecule has 1 aromatic heterocycles. The molecule has 1 saturated carbocycles. The number of nitrogens with one attached hydrogen (secondary N) is 1. The van der Waals surface area contributed by atoms with Crippen molar-refractivity contribution in [3.63, 3.8) is 0 Å². The molecular formula is C16H16N2O3. The van der Waals surface area contributed by atoms with Crippen molar-refractivity contribution in [1.29, 1.82) is 0 Å². The number of carbonyl (C=O) groups excluding carboxylic acids is 1. The van der Waals surface area contributed by atoms with Crippen molar-refractivity contribution < 1.29 is 14.7 Å². The molecule has 0 spiro atoms. The number of rotatable bonds is 4. The van der Waals surface area contributed by atoms with Crippen LogP contribution in [0.1, 0.15) is 28.9 Å². The van der Waals surface area contributed by atoms with Crippen molar-refractivity contribution in [3.05, 3.63) is 41.6 Å². The van der Waals surface area contributed by atoms with Crippen LogP contribution in [0.3, 0.4) is 0 Å². The Morgan fingerprint density at radius 2 is 2.05 bits per heavy atom. The molecule has 2 N–H and O–H groups in total. The molecule has 5 heteroatoms. The Labute approximate surface area is 122 Å². The minimum absolute atomic E-state index is 0.177. The summed E-state index contributed by atoms with van der Waals surface area (Å²) >= 11 is 0. The number of aromatic nitrogens is 1. The number of carboxylic acid groups (broad SMARTS) is 1. The number of hydrogen-bond acceptors (Lipinski definition) is 3. The van der Waals surface area contributed by atoms with Crippen LogP contribution in [0.25, 0.3) is 10.9 Å². The largest absolute Gasteiger partial charge is 0.481 e. The molecule has 0 bridgehead atoms. The number of aliphatic carboxylic acids is 1. The summed E-state index contributed by atoms with van der Waals surface area (Å²) in [6.45, 7) is 2.01. The quantitative estimate of drug-likeness (QED) is 0.901. The highest BCUT2D eigenvalue weighted by molar-refractivity contribution is 6.06. The fraction of sp³-hybridized carbons (Fsp3) is 0.312. The predicted molar refractivity (Wildman–Crippen MR) is 78.1 cm³/mol. The summed E-state index contributed by atoms with van der Waals surface area (Å²) in [4.78, 5) is 27.9. The average molecular weight is 284 g/mol. The lowest BCUT2D eigenvalue weighted by atomic mass is 10.1. The first-order chi connectivity index (χ1) is 10.0. The van der Waals surface area contributed by atoms with Crippen molar-refractivity contribution in [2.75, 3.05) is 6.54 Å². The second-order valence-electron chi connectivity index (χ2n) is 5.60.